The first-order chi connectivity index (χ1) is 11.7. The van der Waals surface area contributed by atoms with E-state index in [-0.39, 0.29) is 6.61 Å². The number of carbonyl (C=O) groups excluding carboxylic acids is 2. The van der Waals surface area contributed by atoms with Crippen LogP contribution in [0.5, 0.6) is 0 Å². The summed E-state index contributed by atoms with van der Waals surface area (Å²) in [7, 11) is -4.15. The molecule has 1 N–H and O–H groups in total. The molecular formula is C16H32O8Si2. The molecule has 0 bridgehead atoms. The molecule has 10 heteroatoms. The second-order valence-corrected chi connectivity index (χ2v) is 17.3. The lowest BCUT2D eigenvalue weighted by molar-refractivity contribution is -0.283. The zero-order valence-corrected chi connectivity index (χ0v) is 18.9. The molecule has 26 heavy (non-hydrogen) atoms. The number of ether oxygens (including phenoxy) is 3. The highest BCUT2D eigenvalue weighted by molar-refractivity contribution is 6.70. The Morgan fingerprint density at radius 2 is 1.38 bits per heavy atom. The van der Waals surface area contributed by atoms with Crippen LogP contribution < -0.4 is 0 Å². The van der Waals surface area contributed by atoms with Gasteiger partial charge in [0.05, 0.1) is 0 Å². The van der Waals surface area contributed by atoms with Crippen LogP contribution in [0.4, 0.5) is 0 Å². The second kappa shape index (κ2) is 8.94. The lowest BCUT2D eigenvalue weighted by Gasteiger charge is -2.47. The summed E-state index contributed by atoms with van der Waals surface area (Å²) < 4.78 is 28.4. The average molecular weight is 409 g/mol. The molecule has 1 aliphatic heterocycles. The van der Waals surface area contributed by atoms with Crippen molar-refractivity contribution in [3.63, 3.8) is 0 Å². The smallest absolute Gasteiger partial charge is 0.303 e. The van der Waals surface area contributed by atoms with Gasteiger partial charge in [0.15, 0.2) is 29.0 Å². The number of rotatable bonds is 7. The molecule has 8 nitrogen and oxygen atoms in total. The molecule has 1 saturated heterocycles. The van der Waals surface area contributed by atoms with Gasteiger partial charge in [-0.3, -0.25) is 9.59 Å². The summed E-state index contributed by atoms with van der Waals surface area (Å²) in [6, 6.07) is 0. The minimum atomic E-state index is -2.09. The third-order valence-electron chi connectivity index (χ3n) is 3.34. The van der Waals surface area contributed by atoms with Gasteiger partial charge in [-0.05, 0) is 39.3 Å². The molecule has 0 aromatic rings. The van der Waals surface area contributed by atoms with Gasteiger partial charge in [-0.2, -0.15) is 0 Å². The van der Waals surface area contributed by atoms with Crippen molar-refractivity contribution in [3.05, 3.63) is 0 Å². The normalized spacial score (nSPS) is 30.0. The lowest BCUT2D eigenvalue weighted by Crippen LogP contribution is -2.64. The first-order valence-corrected chi connectivity index (χ1v) is 15.5. The fourth-order valence-electron chi connectivity index (χ4n) is 2.64. The third-order valence-corrected chi connectivity index (χ3v) is 5.30. The van der Waals surface area contributed by atoms with Crippen LogP contribution in [-0.2, 0) is 32.7 Å². The van der Waals surface area contributed by atoms with Crippen LogP contribution in [0.15, 0.2) is 0 Å². The molecule has 152 valence electrons. The number of hydrogen-bond donors (Lipinski definition) is 1. The van der Waals surface area contributed by atoms with Crippen LogP contribution in [0.3, 0.4) is 0 Å². The summed E-state index contributed by atoms with van der Waals surface area (Å²) in [6.45, 7) is 14.3. The van der Waals surface area contributed by atoms with Crippen molar-refractivity contribution >= 4 is 28.6 Å². The standard InChI is InChI=1S/C16H32O8Si2/c1-10(17)20-9-12-13(21-11(2)18)14(23-25(3,4)5)15(16(19)22-12)24-26(6,7)8/h12-16,19H,9H2,1-8H3. The zero-order valence-electron chi connectivity index (χ0n) is 16.9. The summed E-state index contributed by atoms with van der Waals surface area (Å²) >= 11 is 0. The summed E-state index contributed by atoms with van der Waals surface area (Å²) in [5.74, 6) is -1.01. The molecule has 0 aromatic carbocycles. The molecule has 1 rings (SSSR count). The highest BCUT2D eigenvalue weighted by Crippen LogP contribution is 2.31. The van der Waals surface area contributed by atoms with Gasteiger partial charge in [-0.25, -0.2) is 0 Å². The van der Waals surface area contributed by atoms with Gasteiger partial charge in [0.25, 0.3) is 0 Å². The first-order valence-electron chi connectivity index (χ1n) is 8.69. The summed E-state index contributed by atoms with van der Waals surface area (Å²) in [6.07, 6.45) is -4.51. The van der Waals surface area contributed by atoms with E-state index in [1.807, 2.05) is 39.3 Å². The van der Waals surface area contributed by atoms with Crippen LogP contribution in [-0.4, -0.2) is 71.0 Å². The number of esters is 2. The number of hydrogen-bond acceptors (Lipinski definition) is 8. The molecule has 0 radical (unpaired) electrons. The summed E-state index contributed by atoms with van der Waals surface area (Å²) in [4.78, 5) is 22.8. The van der Waals surface area contributed by atoms with E-state index >= 15 is 0 Å². The van der Waals surface area contributed by atoms with E-state index in [9.17, 15) is 14.7 Å². The van der Waals surface area contributed by atoms with E-state index in [2.05, 4.69) is 0 Å². The maximum absolute atomic E-state index is 11.7. The molecule has 1 aliphatic rings. The van der Waals surface area contributed by atoms with E-state index < -0.39 is 59.3 Å². The van der Waals surface area contributed by atoms with E-state index in [0.29, 0.717) is 0 Å². The predicted molar refractivity (Wildman–Crippen MR) is 99.5 cm³/mol. The first kappa shape index (κ1) is 23.3. The largest absolute Gasteiger partial charge is 0.463 e. The van der Waals surface area contributed by atoms with Crippen molar-refractivity contribution in [2.24, 2.45) is 0 Å². The van der Waals surface area contributed by atoms with E-state index in [1.54, 1.807) is 0 Å². The predicted octanol–water partition coefficient (Wildman–Crippen LogP) is 1.64. The number of carbonyl (C=O) groups is 2. The molecule has 1 heterocycles. The molecular weight excluding hydrogens is 376 g/mol. The molecule has 0 spiro atoms. The van der Waals surface area contributed by atoms with E-state index in [1.165, 1.54) is 13.8 Å². The van der Waals surface area contributed by atoms with Gasteiger partial charge < -0.3 is 28.2 Å². The van der Waals surface area contributed by atoms with Crippen LogP contribution in [0.2, 0.25) is 39.3 Å². The zero-order chi connectivity index (χ0) is 20.3. The fraction of sp³-hybridized carbons (Fsp3) is 0.875. The Kier molecular flexibility index (Phi) is 7.99. The van der Waals surface area contributed by atoms with Crippen molar-refractivity contribution in [1.82, 2.24) is 0 Å². The summed E-state index contributed by atoms with van der Waals surface area (Å²) in [5, 5.41) is 10.5. The van der Waals surface area contributed by atoms with Gasteiger partial charge in [0, 0.05) is 13.8 Å². The van der Waals surface area contributed by atoms with Crippen molar-refractivity contribution in [2.75, 3.05) is 6.61 Å². The van der Waals surface area contributed by atoms with Gasteiger partial charge in [-0.1, -0.05) is 0 Å². The molecule has 0 aromatic heterocycles. The van der Waals surface area contributed by atoms with E-state index in [4.69, 9.17) is 23.1 Å². The maximum Gasteiger partial charge on any atom is 0.303 e. The average Bonchev–Trinajstić information content (AvgIpc) is 2.41. The van der Waals surface area contributed by atoms with Crippen LogP contribution in [0.1, 0.15) is 13.8 Å². The SMILES string of the molecule is CC(=O)OCC1OC(O)C(O[Si](C)(C)C)C(O[Si](C)(C)C)C1OC(C)=O. The molecule has 0 amide bonds. The van der Waals surface area contributed by atoms with Crippen molar-refractivity contribution in [2.45, 2.75) is 83.8 Å². The van der Waals surface area contributed by atoms with Crippen LogP contribution in [0.25, 0.3) is 0 Å². The highest BCUT2D eigenvalue weighted by Gasteiger charge is 2.51. The molecule has 5 unspecified atom stereocenters. The van der Waals surface area contributed by atoms with Gasteiger partial charge in [0.1, 0.15) is 24.9 Å². The van der Waals surface area contributed by atoms with Crippen molar-refractivity contribution < 1.29 is 37.8 Å². The molecule has 5 atom stereocenters. The van der Waals surface area contributed by atoms with Crippen LogP contribution >= 0.6 is 0 Å². The molecule has 0 saturated carbocycles. The maximum atomic E-state index is 11.7. The molecule has 0 aliphatic carbocycles. The third kappa shape index (κ3) is 7.84. The Morgan fingerprint density at radius 1 is 0.885 bits per heavy atom. The lowest BCUT2D eigenvalue weighted by atomic mass is 9.99. The summed E-state index contributed by atoms with van der Waals surface area (Å²) in [5.41, 5.74) is 0. The van der Waals surface area contributed by atoms with Gasteiger partial charge >= 0.3 is 11.9 Å². The minimum absolute atomic E-state index is 0.157. The number of aliphatic hydroxyl groups excluding tert-OH is 1. The van der Waals surface area contributed by atoms with Crippen molar-refractivity contribution in [1.29, 1.82) is 0 Å². The Morgan fingerprint density at radius 3 is 1.81 bits per heavy atom. The molecule has 1 fully saturated rings. The number of aliphatic hydroxyl groups is 1. The quantitative estimate of drug-likeness (QED) is 0.501. The Hall–Kier alpha value is -0.786. The van der Waals surface area contributed by atoms with E-state index in [0.717, 1.165) is 0 Å². The van der Waals surface area contributed by atoms with Gasteiger partial charge in [0.2, 0.25) is 0 Å². The highest BCUT2D eigenvalue weighted by atomic mass is 28.4. The van der Waals surface area contributed by atoms with Crippen molar-refractivity contribution in [3.8, 4) is 0 Å². The Bertz CT molecular complexity index is 499. The Labute approximate surface area is 157 Å². The topological polar surface area (TPSA) is 101 Å². The second-order valence-electron chi connectivity index (χ2n) is 8.33. The van der Waals surface area contributed by atoms with Gasteiger partial charge in [-0.15, -0.1) is 0 Å². The minimum Gasteiger partial charge on any atom is -0.463 e. The van der Waals surface area contributed by atoms with Crippen LogP contribution in [0, 0.1) is 0 Å². The Balaban J connectivity index is 3.20. The fourth-order valence-corrected chi connectivity index (χ4v) is 4.79. The monoisotopic (exact) mass is 408 g/mol.